The molecule has 0 radical (unpaired) electrons. The number of hydrogen-bond donors (Lipinski definition) is 4. The minimum atomic E-state index is -0.841. The number of hydrogen-bond acceptors (Lipinski definition) is 8. The Kier molecular flexibility index (Phi) is 17.8. The number of halogens is 2. The monoisotopic (exact) mass is 518 g/mol. The van der Waals surface area contributed by atoms with Gasteiger partial charge in [0.05, 0.1) is 12.1 Å². The molecule has 2 atom stereocenters. The van der Waals surface area contributed by atoms with Crippen molar-refractivity contribution in [2.45, 2.75) is 104 Å². The maximum absolute atomic E-state index is 9.20. The van der Waals surface area contributed by atoms with E-state index in [1.165, 1.54) is 0 Å². The molecule has 12 heteroatoms. The first-order chi connectivity index (χ1) is 14.3. The van der Waals surface area contributed by atoms with Crippen molar-refractivity contribution in [3.63, 3.8) is 0 Å². The van der Waals surface area contributed by atoms with Crippen LogP contribution in [0.1, 0.15) is 82.1 Å². The molecule has 2 unspecified atom stereocenters. The molecular formula is C22H44Cl2N10. The van der Waals surface area contributed by atoms with Gasteiger partial charge in [-0.1, -0.05) is 27.7 Å². The standard InChI is InChI=1S/C14H24N4.C8H18N6.2ClH/c1-11(2)7-13(5,9-15)17-18-14(6,10-16)8-12(3)4;1-7(2,5(9)10)13-14-8(3,4)6(11)12;;/h11-12H,7-8H2,1-6H3;1-4H3,(H3,9,10)(H3,11,12);2*1H. The average Bonchev–Trinajstić information content (AvgIpc) is 2.64. The van der Waals surface area contributed by atoms with Crippen LogP contribution in [0.3, 0.4) is 0 Å². The average molecular weight is 520 g/mol. The first-order valence-corrected chi connectivity index (χ1v) is 10.7. The van der Waals surface area contributed by atoms with Crippen LogP contribution in [0.15, 0.2) is 20.5 Å². The van der Waals surface area contributed by atoms with Gasteiger partial charge in [-0.25, -0.2) is 0 Å². The third-order valence-electron chi connectivity index (χ3n) is 4.45. The van der Waals surface area contributed by atoms with Crippen LogP contribution in [0.5, 0.6) is 0 Å². The zero-order valence-corrected chi connectivity index (χ0v) is 23.9. The topological polar surface area (TPSA) is 197 Å². The highest BCUT2D eigenvalue weighted by atomic mass is 35.5. The molecule has 196 valence electrons. The molecule has 0 spiro atoms. The second-order valence-corrected chi connectivity index (χ2v) is 10.3. The van der Waals surface area contributed by atoms with E-state index in [-0.39, 0.29) is 36.5 Å². The molecule has 0 heterocycles. The second-order valence-electron chi connectivity index (χ2n) is 10.3. The molecule has 0 aromatic rings. The van der Waals surface area contributed by atoms with Crippen LogP contribution >= 0.6 is 24.8 Å². The van der Waals surface area contributed by atoms with Crippen molar-refractivity contribution in [2.24, 2.45) is 43.8 Å². The molecule has 0 saturated heterocycles. The Bertz CT molecular complexity index is 726. The van der Waals surface area contributed by atoms with E-state index in [1.54, 1.807) is 41.5 Å². The molecule has 0 fully saturated rings. The summed E-state index contributed by atoms with van der Waals surface area (Å²) in [5.74, 6) is 0.597. The molecule has 0 aliphatic rings. The minimum absolute atomic E-state index is 0. The summed E-state index contributed by atoms with van der Waals surface area (Å²) in [6.45, 7) is 18.4. The quantitative estimate of drug-likeness (QED) is 0.161. The SMILES string of the molecule is CC(C)(N=NC(C)(C)C(=N)N)C(=N)N.CC(C)CC(C)(C#N)N=NC(C)(C#N)CC(C)C.Cl.Cl. The lowest BCUT2D eigenvalue weighted by Crippen LogP contribution is -2.38. The summed E-state index contributed by atoms with van der Waals surface area (Å²) < 4.78 is 0. The van der Waals surface area contributed by atoms with Crippen molar-refractivity contribution in [1.82, 2.24) is 0 Å². The molecule has 0 rings (SSSR count). The number of rotatable bonds is 10. The highest BCUT2D eigenvalue weighted by Gasteiger charge is 2.29. The number of nitriles is 2. The Hall–Kier alpha value is -2.30. The Morgan fingerprint density at radius 1 is 0.676 bits per heavy atom. The van der Waals surface area contributed by atoms with Gasteiger partial charge >= 0.3 is 0 Å². The second kappa shape index (κ2) is 15.6. The van der Waals surface area contributed by atoms with Crippen molar-refractivity contribution in [2.75, 3.05) is 0 Å². The van der Waals surface area contributed by atoms with Crippen molar-refractivity contribution >= 4 is 36.5 Å². The minimum Gasteiger partial charge on any atom is -0.386 e. The summed E-state index contributed by atoms with van der Waals surface area (Å²) >= 11 is 0. The van der Waals surface area contributed by atoms with Crippen molar-refractivity contribution in [3.8, 4) is 12.1 Å². The molecule has 0 saturated carbocycles. The lowest BCUT2D eigenvalue weighted by atomic mass is 9.92. The van der Waals surface area contributed by atoms with Crippen molar-refractivity contribution < 1.29 is 0 Å². The van der Waals surface area contributed by atoms with E-state index < -0.39 is 22.2 Å². The smallest absolute Gasteiger partial charge is 0.165 e. The normalized spacial score (nSPS) is 15.1. The Morgan fingerprint density at radius 3 is 1.06 bits per heavy atom. The Labute approximate surface area is 217 Å². The van der Waals surface area contributed by atoms with Crippen LogP contribution in [0, 0.1) is 45.3 Å². The molecule has 0 aromatic heterocycles. The first-order valence-electron chi connectivity index (χ1n) is 10.7. The maximum atomic E-state index is 9.20. The van der Waals surface area contributed by atoms with E-state index in [2.05, 4.69) is 32.6 Å². The molecule has 0 aromatic carbocycles. The fourth-order valence-corrected chi connectivity index (χ4v) is 2.39. The third kappa shape index (κ3) is 15.5. The summed E-state index contributed by atoms with van der Waals surface area (Å²) in [5, 5.41) is 49.0. The largest absolute Gasteiger partial charge is 0.386 e. The lowest BCUT2D eigenvalue weighted by molar-refractivity contribution is 0.384. The van der Waals surface area contributed by atoms with E-state index in [0.717, 1.165) is 0 Å². The van der Waals surface area contributed by atoms with Gasteiger partial charge < -0.3 is 11.5 Å². The van der Waals surface area contributed by atoms with Gasteiger partial charge in [-0.2, -0.15) is 31.0 Å². The number of amidine groups is 2. The van der Waals surface area contributed by atoms with Gasteiger partial charge in [-0.3, -0.25) is 10.8 Å². The third-order valence-corrected chi connectivity index (χ3v) is 4.45. The number of azo groups is 2. The van der Waals surface area contributed by atoms with E-state index in [4.69, 9.17) is 22.3 Å². The van der Waals surface area contributed by atoms with E-state index >= 15 is 0 Å². The van der Waals surface area contributed by atoms with Gasteiger partial charge in [0.15, 0.2) is 11.1 Å². The van der Waals surface area contributed by atoms with Crippen LogP contribution in [-0.4, -0.2) is 33.8 Å². The predicted molar refractivity (Wildman–Crippen MR) is 143 cm³/mol. The van der Waals surface area contributed by atoms with Crippen molar-refractivity contribution in [3.05, 3.63) is 0 Å². The summed E-state index contributed by atoms with van der Waals surface area (Å²) in [6, 6.07) is 4.38. The van der Waals surface area contributed by atoms with Crippen LogP contribution < -0.4 is 11.5 Å². The Morgan fingerprint density at radius 2 is 0.912 bits per heavy atom. The first kappa shape index (κ1) is 38.9. The van der Waals surface area contributed by atoms with Crippen LogP contribution in [0.2, 0.25) is 0 Å². The summed E-state index contributed by atoms with van der Waals surface area (Å²) in [6.07, 6.45) is 1.30. The van der Waals surface area contributed by atoms with Gasteiger partial charge in [0, 0.05) is 0 Å². The molecular weight excluding hydrogens is 475 g/mol. The fraction of sp³-hybridized carbons (Fsp3) is 0.818. The molecule has 6 N–H and O–H groups in total. The fourth-order valence-electron chi connectivity index (χ4n) is 2.39. The van der Waals surface area contributed by atoms with Crippen LogP contribution in [0.25, 0.3) is 0 Å². The molecule has 0 amide bonds. The highest BCUT2D eigenvalue weighted by Crippen LogP contribution is 2.26. The van der Waals surface area contributed by atoms with Gasteiger partial charge in [0.2, 0.25) is 0 Å². The number of nitrogens with two attached hydrogens (primary N) is 2. The van der Waals surface area contributed by atoms with Gasteiger partial charge in [0.25, 0.3) is 0 Å². The molecule has 0 bridgehead atoms. The van der Waals surface area contributed by atoms with E-state index in [1.807, 2.05) is 27.7 Å². The van der Waals surface area contributed by atoms with Gasteiger partial charge in [-0.15, -0.1) is 24.8 Å². The zero-order chi connectivity index (χ0) is 26.0. The maximum Gasteiger partial charge on any atom is 0.165 e. The van der Waals surface area contributed by atoms with Crippen LogP contribution in [-0.2, 0) is 0 Å². The zero-order valence-electron chi connectivity index (χ0n) is 22.2. The summed E-state index contributed by atoms with van der Waals surface area (Å²) in [4.78, 5) is 0. The molecule has 10 nitrogen and oxygen atoms in total. The highest BCUT2D eigenvalue weighted by molar-refractivity contribution is 5.87. The van der Waals surface area contributed by atoms with Gasteiger partial charge in [-0.05, 0) is 66.2 Å². The predicted octanol–water partition coefficient (Wildman–Crippen LogP) is 5.81. The van der Waals surface area contributed by atoms with Crippen LogP contribution in [0.4, 0.5) is 0 Å². The number of nitrogens with zero attached hydrogens (tertiary/aromatic N) is 6. The molecule has 0 aliphatic carbocycles. The Balaban J connectivity index is -0.000000257. The van der Waals surface area contributed by atoms with E-state index in [0.29, 0.717) is 24.7 Å². The summed E-state index contributed by atoms with van der Waals surface area (Å²) in [7, 11) is 0. The van der Waals surface area contributed by atoms with Crippen molar-refractivity contribution in [1.29, 1.82) is 21.3 Å². The number of nitrogens with one attached hydrogen (secondary N) is 2. The summed E-state index contributed by atoms with van der Waals surface area (Å²) in [5.41, 5.74) is 7.30. The molecule has 0 aliphatic heterocycles. The molecule has 34 heavy (non-hydrogen) atoms. The van der Waals surface area contributed by atoms with E-state index in [9.17, 15) is 10.5 Å². The van der Waals surface area contributed by atoms with Gasteiger partial charge in [0.1, 0.15) is 22.7 Å². The lowest BCUT2D eigenvalue weighted by Gasteiger charge is -2.22.